The molecule has 0 saturated carbocycles. The van der Waals surface area contributed by atoms with Gasteiger partial charge < -0.3 is 19.8 Å². The molecule has 1 aromatic carbocycles. The molecule has 2 N–H and O–H groups in total. The minimum atomic E-state index is -0.623. The highest BCUT2D eigenvalue weighted by molar-refractivity contribution is 5.87. The van der Waals surface area contributed by atoms with Gasteiger partial charge in [0.15, 0.2) is 17.3 Å². The molecule has 1 atom stereocenters. The molecule has 6 heteroatoms. The summed E-state index contributed by atoms with van der Waals surface area (Å²) in [7, 11) is 1.61. The number of hydrogen-bond acceptors (Lipinski definition) is 5. The summed E-state index contributed by atoms with van der Waals surface area (Å²) in [5.74, 6) is -0.338. The Morgan fingerprint density at radius 2 is 1.68 bits per heavy atom. The number of benzene rings is 1. The first-order valence-corrected chi connectivity index (χ1v) is 9.69. The average Bonchev–Trinajstić information content (AvgIpc) is 2.52. The smallest absolute Gasteiger partial charge is 0.410 e. The van der Waals surface area contributed by atoms with Gasteiger partial charge in [-0.3, -0.25) is 4.79 Å². The monoisotopic (exact) mass is 393 g/mol. The fourth-order valence-corrected chi connectivity index (χ4v) is 2.87. The van der Waals surface area contributed by atoms with Crippen LogP contribution in [0.3, 0.4) is 0 Å². The minimum Gasteiger partial charge on any atom is -0.504 e. The number of amides is 1. The number of nitrogens with zero attached hydrogens (tertiary/aromatic N) is 1. The molecule has 1 rings (SSSR count). The minimum absolute atomic E-state index is 0.00807. The van der Waals surface area contributed by atoms with E-state index in [1.807, 2.05) is 20.8 Å². The molecule has 0 radical (unpaired) electrons. The zero-order valence-electron chi connectivity index (χ0n) is 18.2. The second kappa shape index (κ2) is 9.30. The van der Waals surface area contributed by atoms with E-state index in [9.17, 15) is 19.8 Å². The normalized spacial score (nSPS) is 13.1. The summed E-state index contributed by atoms with van der Waals surface area (Å²) in [6.45, 7) is 11.5. The molecule has 1 amide bonds. The summed E-state index contributed by atoms with van der Waals surface area (Å²) < 4.78 is 5.43. The van der Waals surface area contributed by atoms with E-state index in [2.05, 4.69) is 0 Å². The van der Waals surface area contributed by atoms with Crippen molar-refractivity contribution >= 4 is 11.9 Å². The molecule has 0 unspecified atom stereocenters. The number of aryl methyl sites for hydroxylation is 1. The van der Waals surface area contributed by atoms with Crippen LogP contribution in [-0.2, 0) is 16.0 Å². The molecule has 0 spiro atoms. The first-order valence-electron chi connectivity index (χ1n) is 9.69. The third-order valence-corrected chi connectivity index (χ3v) is 4.25. The molecular formula is C22H35NO5. The van der Waals surface area contributed by atoms with Crippen LogP contribution in [-0.4, -0.2) is 45.7 Å². The van der Waals surface area contributed by atoms with E-state index in [1.54, 1.807) is 33.9 Å². The lowest BCUT2D eigenvalue weighted by Gasteiger charge is -2.33. The largest absolute Gasteiger partial charge is 0.504 e. The van der Waals surface area contributed by atoms with E-state index in [-0.39, 0.29) is 22.7 Å². The van der Waals surface area contributed by atoms with Crippen LogP contribution >= 0.6 is 0 Å². The van der Waals surface area contributed by atoms with Crippen LogP contribution in [0.2, 0.25) is 0 Å². The Hall–Kier alpha value is -2.24. The number of likely N-dealkylation sites (N-methyl/N-ethyl adjacent to an activating group) is 1. The number of aromatic hydroxyl groups is 2. The van der Waals surface area contributed by atoms with E-state index in [0.717, 1.165) is 5.56 Å². The van der Waals surface area contributed by atoms with E-state index >= 15 is 0 Å². The van der Waals surface area contributed by atoms with Crippen molar-refractivity contribution in [2.45, 2.75) is 78.9 Å². The molecule has 0 saturated heterocycles. The van der Waals surface area contributed by atoms with Crippen LogP contribution in [0.15, 0.2) is 18.2 Å². The molecule has 0 aliphatic rings. The molecule has 6 nitrogen and oxygen atoms in total. The van der Waals surface area contributed by atoms with Gasteiger partial charge in [-0.05, 0) is 63.1 Å². The van der Waals surface area contributed by atoms with Gasteiger partial charge in [0.2, 0.25) is 0 Å². The lowest BCUT2D eigenvalue weighted by atomic mass is 9.85. The molecule has 0 aliphatic heterocycles. The van der Waals surface area contributed by atoms with E-state index < -0.39 is 17.7 Å². The highest BCUT2D eigenvalue weighted by Crippen LogP contribution is 2.27. The molecule has 1 aromatic rings. The van der Waals surface area contributed by atoms with Gasteiger partial charge in [0.1, 0.15) is 5.60 Å². The Labute approximate surface area is 168 Å². The third kappa shape index (κ3) is 8.19. The van der Waals surface area contributed by atoms with Gasteiger partial charge in [0.25, 0.3) is 0 Å². The molecule has 28 heavy (non-hydrogen) atoms. The molecule has 158 valence electrons. The van der Waals surface area contributed by atoms with Crippen molar-refractivity contribution in [1.29, 1.82) is 0 Å². The zero-order chi connectivity index (χ0) is 21.7. The maximum atomic E-state index is 12.9. The van der Waals surface area contributed by atoms with Crippen LogP contribution in [0.25, 0.3) is 0 Å². The number of phenolic OH excluding ortho intramolecular Hbond substituents is 2. The summed E-state index contributed by atoms with van der Waals surface area (Å²) >= 11 is 0. The number of carbonyl (C=O) groups is 2. The van der Waals surface area contributed by atoms with Gasteiger partial charge >= 0.3 is 6.09 Å². The van der Waals surface area contributed by atoms with Gasteiger partial charge in [-0.25, -0.2) is 4.79 Å². The summed E-state index contributed by atoms with van der Waals surface area (Å²) in [6.07, 6.45) is 1.54. The summed E-state index contributed by atoms with van der Waals surface area (Å²) in [6, 6.07) is 4.10. The van der Waals surface area contributed by atoms with E-state index in [0.29, 0.717) is 25.7 Å². The Kier molecular flexibility index (Phi) is 7.91. The summed E-state index contributed by atoms with van der Waals surface area (Å²) in [4.78, 5) is 26.8. The third-order valence-electron chi connectivity index (χ3n) is 4.25. The van der Waals surface area contributed by atoms with E-state index in [1.165, 1.54) is 17.0 Å². The predicted molar refractivity (Wildman–Crippen MR) is 110 cm³/mol. The molecule has 0 fully saturated rings. The van der Waals surface area contributed by atoms with Gasteiger partial charge in [-0.2, -0.15) is 0 Å². The van der Waals surface area contributed by atoms with Crippen molar-refractivity contribution in [3.05, 3.63) is 23.8 Å². The van der Waals surface area contributed by atoms with Crippen molar-refractivity contribution in [3.8, 4) is 11.5 Å². The lowest BCUT2D eigenvalue weighted by molar-refractivity contribution is -0.125. The predicted octanol–water partition coefficient (Wildman–Crippen LogP) is 4.66. The highest BCUT2D eigenvalue weighted by atomic mass is 16.6. The van der Waals surface area contributed by atoms with Crippen LogP contribution in [0.5, 0.6) is 11.5 Å². The van der Waals surface area contributed by atoms with Crippen LogP contribution in [0.4, 0.5) is 4.79 Å². The van der Waals surface area contributed by atoms with Crippen molar-refractivity contribution in [1.82, 2.24) is 4.90 Å². The van der Waals surface area contributed by atoms with Crippen molar-refractivity contribution in [2.75, 3.05) is 7.05 Å². The fraction of sp³-hybridized carbons (Fsp3) is 0.636. The van der Waals surface area contributed by atoms with Gasteiger partial charge in [-0.15, -0.1) is 0 Å². The zero-order valence-corrected chi connectivity index (χ0v) is 18.2. The van der Waals surface area contributed by atoms with Gasteiger partial charge in [-0.1, -0.05) is 26.8 Å². The second-order valence-corrected chi connectivity index (χ2v) is 9.51. The molecule has 0 aliphatic carbocycles. The van der Waals surface area contributed by atoms with Crippen LogP contribution < -0.4 is 0 Å². The SMILES string of the molecule is CN(C(=O)OC(C)(C)C)[C@H](CC(C)(C)C)C(=O)CCCc1ccc(O)c(O)c1. The standard InChI is InChI=1S/C22H35NO5/c1-21(2,3)14-16(23(7)20(27)28-22(4,5)6)17(24)10-8-9-15-11-12-18(25)19(26)13-15/h11-13,16,25-26H,8-10,14H2,1-7H3/t16-/m1/s1. The highest BCUT2D eigenvalue weighted by Gasteiger charge is 2.32. The molecule has 0 aromatic heterocycles. The number of rotatable bonds is 7. The Balaban J connectivity index is 2.78. The van der Waals surface area contributed by atoms with Crippen LogP contribution in [0, 0.1) is 5.41 Å². The Morgan fingerprint density at radius 3 is 2.18 bits per heavy atom. The van der Waals surface area contributed by atoms with Crippen LogP contribution in [0.1, 0.15) is 66.4 Å². The fourth-order valence-electron chi connectivity index (χ4n) is 2.87. The average molecular weight is 394 g/mol. The molecule has 0 bridgehead atoms. The number of Topliss-reactive ketones (excluding diaryl/α,β-unsaturated/α-hetero) is 1. The topological polar surface area (TPSA) is 87.1 Å². The van der Waals surface area contributed by atoms with Gasteiger partial charge in [0.05, 0.1) is 6.04 Å². The Bertz CT molecular complexity index is 685. The molecule has 0 heterocycles. The number of ether oxygens (including phenoxy) is 1. The number of phenols is 2. The Morgan fingerprint density at radius 1 is 1.07 bits per heavy atom. The maximum Gasteiger partial charge on any atom is 0.410 e. The van der Waals surface area contributed by atoms with Crippen molar-refractivity contribution in [3.63, 3.8) is 0 Å². The number of carbonyl (C=O) groups excluding carboxylic acids is 2. The lowest BCUT2D eigenvalue weighted by Crippen LogP contribution is -2.46. The van der Waals surface area contributed by atoms with Crippen molar-refractivity contribution < 1.29 is 24.5 Å². The van der Waals surface area contributed by atoms with Gasteiger partial charge in [0, 0.05) is 13.5 Å². The first kappa shape index (κ1) is 23.8. The maximum absolute atomic E-state index is 12.9. The quantitative estimate of drug-likeness (QED) is 0.658. The summed E-state index contributed by atoms with van der Waals surface area (Å²) in [5, 5.41) is 19.0. The van der Waals surface area contributed by atoms with E-state index in [4.69, 9.17) is 4.74 Å². The first-order chi connectivity index (χ1) is 12.7. The summed E-state index contributed by atoms with van der Waals surface area (Å²) in [5.41, 5.74) is 0.0944. The second-order valence-electron chi connectivity index (χ2n) is 9.51. The molecular weight excluding hydrogens is 358 g/mol. The van der Waals surface area contributed by atoms with Crippen molar-refractivity contribution in [2.24, 2.45) is 5.41 Å². The number of ketones is 1. The number of hydrogen-bond donors (Lipinski definition) is 2.